The van der Waals surface area contributed by atoms with Gasteiger partial charge in [0.15, 0.2) is 0 Å². The zero-order valence-electron chi connectivity index (χ0n) is 13.8. The summed E-state index contributed by atoms with van der Waals surface area (Å²) in [4.78, 5) is 12.5. The van der Waals surface area contributed by atoms with E-state index in [1.54, 1.807) is 48.6 Å². The first kappa shape index (κ1) is 15.6. The Bertz CT molecular complexity index is 925. The highest BCUT2D eigenvalue weighted by Crippen LogP contribution is 2.31. The molecule has 1 fully saturated rings. The van der Waals surface area contributed by atoms with E-state index < -0.39 is 11.7 Å². The molecule has 0 unspecified atom stereocenters. The summed E-state index contributed by atoms with van der Waals surface area (Å²) in [5, 5.41) is 11.0. The minimum absolute atomic E-state index is 0.00209. The van der Waals surface area contributed by atoms with Crippen LogP contribution in [0.4, 0.5) is 10.1 Å². The van der Waals surface area contributed by atoms with Crippen molar-refractivity contribution in [2.24, 2.45) is 7.05 Å². The third-order valence-electron chi connectivity index (χ3n) is 4.57. The topological polar surface area (TPSA) is 64.7 Å². The zero-order chi connectivity index (χ0) is 17.4. The lowest BCUT2D eigenvalue weighted by atomic mass is 9.93. The number of benzene rings is 1. The lowest BCUT2D eigenvalue weighted by molar-refractivity contribution is 0.102. The molecule has 1 saturated carbocycles. The number of hydrogen-bond acceptors (Lipinski definition) is 3. The second kappa shape index (κ2) is 6.16. The highest BCUT2D eigenvalue weighted by atomic mass is 19.1. The molecule has 0 atom stereocenters. The molecule has 0 spiro atoms. The summed E-state index contributed by atoms with van der Waals surface area (Å²) in [7, 11) is 1.76. The third kappa shape index (κ3) is 2.93. The van der Waals surface area contributed by atoms with Crippen molar-refractivity contribution in [1.82, 2.24) is 19.6 Å². The van der Waals surface area contributed by atoms with E-state index in [1.807, 2.05) is 4.68 Å². The molecule has 1 N–H and O–H groups in total. The number of aryl methyl sites for hydroxylation is 1. The molecule has 4 rings (SSSR count). The molecular weight excluding hydrogens is 321 g/mol. The number of carbonyl (C=O) groups excluding carboxylic acids is 1. The molecule has 3 aromatic rings. The molecule has 1 amide bonds. The van der Waals surface area contributed by atoms with Crippen molar-refractivity contribution in [2.75, 3.05) is 5.32 Å². The molecule has 1 aromatic carbocycles. The molecule has 0 saturated heterocycles. The number of amides is 1. The van der Waals surface area contributed by atoms with Gasteiger partial charge in [0.2, 0.25) is 0 Å². The average molecular weight is 339 g/mol. The standard InChI is InChI=1S/C18H18FN5O/c1-23-10-12(8-20-23)15-6-3-7-16(17(15)19)18(25)22-13-9-21-24(11-13)14-4-2-5-14/h3,6-11,14H,2,4-5H2,1H3,(H,22,25). The SMILES string of the molecule is Cn1cc(-c2cccc(C(=O)Nc3cnn(C4CCC4)c3)c2F)cn1. The summed E-state index contributed by atoms with van der Waals surface area (Å²) in [5.41, 5.74) is 1.55. The van der Waals surface area contributed by atoms with Gasteiger partial charge in [0.05, 0.1) is 29.7 Å². The number of nitrogens with one attached hydrogen (secondary N) is 1. The van der Waals surface area contributed by atoms with Crippen molar-refractivity contribution in [3.63, 3.8) is 0 Å². The molecule has 0 aliphatic heterocycles. The van der Waals surface area contributed by atoms with Crippen LogP contribution >= 0.6 is 0 Å². The maximum atomic E-state index is 14.8. The minimum atomic E-state index is -0.556. The van der Waals surface area contributed by atoms with Crippen LogP contribution in [0.1, 0.15) is 35.7 Å². The number of anilines is 1. The Balaban J connectivity index is 1.56. The van der Waals surface area contributed by atoms with Crippen molar-refractivity contribution in [2.45, 2.75) is 25.3 Å². The minimum Gasteiger partial charge on any atom is -0.319 e. The molecule has 2 aromatic heterocycles. The second-order valence-electron chi connectivity index (χ2n) is 6.32. The summed E-state index contributed by atoms with van der Waals surface area (Å²) >= 11 is 0. The van der Waals surface area contributed by atoms with Crippen LogP contribution in [0.15, 0.2) is 43.0 Å². The second-order valence-corrected chi connectivity index (χ2v) is 6.32. The predicted molar refractivity (Wildman–Crippen MR) is 91.7 cm³/mol. The number of carbonyl (C=O) groups is 1. The van der Waals surface area contributed by atoms with Gasteiger partial charge in [-0.1, -0.05) is 12.1 Å². The fourth-order valence-electron chi connectivity index (χ4n) is 2.94. The van der Waals surface area contributed by atoms with Gasteiger partial charge >= 0.3 is 0 Å². The van der Waals surface area contributed by atoms with Gasteiger partial charge in [-0.15, -0.1) is 0 Å². The van der Waals surface area contributed by atoms with Crippen molar-refractivity contribution >= 4 is 11.6 Å². The van der Waals surface area contributed by atoms with Gasteiger partial charge in [-0.3, -0.25) is 14.2 Å². The molecule has 0 radical (unpaired) electrons. The first-order valence-electron chi connectivity index (χ1n) is 8.25. The highest BCUT2D eigenvalue weighted by molar-refractivity contribution is 6.05. The molecule has 7 heteroatoms. The van der Waals surface area contributed by atoms with Crippen molar-refractivity contribution in [1.29, 1.82) is 0 Å². The van der Waals surface area contributed by atoms with Crippen molar-refractivity contribution < 1.29 is 9.18 Å². The molecule has 128 valence electrons. The van der Waals surface area contributed by atoms with Gasteiger partial charge in [0, 0.05) is 30.6 Å². The molecule has 25 heavy (non-hydrogen) atoms. The van der Waals surface area contributed by atoms with Crippen LogP contribution in [0.2, 0.25) is 0 Å². The number of hydrogen-bond donors (Lipinski definition) is 1. The Labute approximate surface area is 144 Å². The van der Waals surface area contributed by atoms with E-state index in [9.17, 15) is 9.18 Å². The van der Waals surface area contributed by atoms with E-state index in [0.717, 1.165) is 12.8 Å². The molecule has 0 bridgehead atoms. The predicted octanol–water partition coefficient (Wildman–Crippen LogP) is 3.40. The Morgan fingerprint density at radius 3 is 2.76 bits per heavy atom. The molecule has 2 heterocycles. The Kier molecular flexibility index (Phi) is 3.83. The van der Waals surface area contributed by atoms with Gasteiger partial charge in [-0.05, 0) is 25.3 Å². The molecule has 1 aliphatic rings. The van der Waals surface area contributed by atoms with Gasteiger partial charge < -0.3 is 5.32 Å². The summed E-state index contributed by atoms with van der Waals surface area (Å²) in [6.45, 7) is 0. The normalized spacial score (nSPS) is 14.3. The number of aromatic nitrogens is 4. The summed E-state index contributed by atoms with van der Waals surface area (Å²) in [5.74, 6) is -1.05. The average Bonchev–Trinajstić information content (AvgIpc) is 3.15. The first-order valence-corrected chi connectivity index (χ1v) is 8.25. The van der Waals surface area contributed by atoms with Gasteiger partial charge in [-0.2, -0.15) is 10.2 Å². The van der Waals surface area contributed by atoms with Crippen molar-refractivity contribution in [3.05, 3.63) is 54.4 Å². The maximum absolute atomic E-state index is 14.8. The van der Waals surface area contributed by atoms with Crippen LogP contribution in [0.3, 0.4) is 0 Å². The summed E-state index contributed by atoms with van der Waals surface area (Å²) < 4.78 is 18.3. The number of rotatable bonds is 4. The molecule has 6 nitrogen and oxygen atoms in total. The van der Waals surface area contributed by atoms with Crippen LogP contribution < -0.4 is 5.32 Å². The van der Waals surface area contributed by atoms with Gasteiger partial charge in [-0.25, -0.2) is 4.39 Å². The summed E-state index contributed by atoms with van der Waals surface area (Å²) in [6.07, 6.45) is 10.1. The van der Waals surface area contributed by atoms with Crippen LogP contribution in [0.5, 0.6) is 0 Å². The van der Waals surface area contributed by atoms with E-state index >= 15 is 0 Å². The largest absolute Gasteiger partial charge is 0.319 e. The maximum Gasteiger partial charge on any atom is 0.258 e. The Hall–Kier alpha value is -2.96. The smallest absolute Gasteiger partial charge is 0.258 e. The Morgan fingerprint density at radius 2 is 2.08 bits per heavy atom. The van der Waals surface area contributed by atoms with Crippen LogP contribution in [0, 0.1) is 5.82 Å². The molecule has 1 aliphatic carbocycles. The first-order chi connectivity index (χ1) is 12.1. The van der Waals surface area contributed by atoms with E-state index in [1.165, 1.54) is 12.5 Å². The van der Waals surface area contributed by atoms with Gasteiger partial charge in [0.25, 0.3) is 5.91 Å². The van der Waals surface area contributed by atoms with Crippen LogP contribution in [0.25, 0.3) is 11.1 Å². The fourth-order valence-corrected chi connectivity index (χ4v) is 2.94. The van der Waals surface area contributed by atoms with Crippen molar-refractivity contribution in [3.8, 4) is 11.1 Å². The molecular formula is C18H18FN5O. The fraction of sp³-hybridized carbons (Fsp3) is 0.278. The lowest BCUT2D eigenvalue weighted by Crippen LogP contribution is -2.17. The lowest BCUT2D eigenvalue weighted by Gasteiger charge is -2.25. The third-order valence-corrected chi connectivity index (χ3v) is 4.57. The van der Waals surface area contributed by atoms with E-state index in [0.29, 0.717) is 22.9 Å². The van der Waals surface area contributed by atoms with E-state index in [-0.39, 0.29) is 5.56 Å². The van der Waals surface area contributed by atoms with E-state index in [4.69, 9.17) is 0 Å². The summed E-state index contributed by atoms with van der Waals surface area (Å²) in [6, 6.07) is 5.19. The Morgan fingerprint density at radius 1 is 1.24 bits per heavy atom. The zero-order valence-corrected chi connectivity index (χ0v) is 13.8. The monoisotopic (exact) mass is 339 g/mol. The van der Waals surface area contributed by atoms with Crippen LogP contribution in [-0.4, -0.2) is 25.5 Å². The quantitative estimate of drug-likeness (QED) is 0.792. The van der Waals surface area contributed by atoms with Crippen LogP contribution in [-0.2, 0) is 7.05 Å². The van der Waals surface area contributed by atoms with Gasteiger partial charge in [0.1, 0.15) is 5.82 Å². The number of halogens is 1. The van der Waals surface area contributed by atoms with E-state index in [2.05, 4.69) is 15.5 Å². The highest BCUT2D eigenvalue weighted by Gasteiger charge is 2.21. The number of nitrogens with zero attached hydrogens (tertiary/aromatic N) is 4.